The molecule has 0 saturated heterocycles. The molecule has 0 radical (unpaired) electrons. The van der Waals surface area contributed by atoms with Gasteiger partial charge in [0.25, 0.3) is 0 Å². The molecule has 118 valence electrons. The molecule has 1 aromatic rings. The zero-order valence-electron chi connectivity index (χ0n) is 12.7. The van der Waals surface area contributed by atoms with Gasteiger partial charge < -0.3 is 5.11 Å². The summed E-state index contributed by atoms with van der Waals surface area (Å²) in [6.45, 7) is 5.90. The molecule has 0 spiro atoms. The number of hydrogen-bond acceptors (Lipinski definition) is 3. The number of carboxylic acid groups (broad SMARTS) is 1. The predicted octanol–water partition coefficient (Wildman–Crippen LogP) is 2.56. The quantitative estimate of drug-likeness (QED) is 0.810. The Balaban J connectivity index is 2.84. The van der Waals surface area contributed by atoms with E-state index in [9.17, 15) is 13.2 Å². The van der Waals surface area contributed by atoms with Gasteiger partial charge in [-0.05, 0) is 17.4 Å². The molecule has 0 aliphatic carbocycles. The number of nitrogens with one attached hydrogen (secondary N) is 1. The third-order valence-electron chi connectivity index (χ3n) is 3.02. The van der Waals surface area contributed by atoms with E-state index in [1.54, 1.807) is 30.3 Å². The minimum Gasteiger partial charge on any atom is -0.481 e. The van der Waals surface area contributed by atoms with Crippen molar-refractivity contribution in [2.45, 2.75) is 39.7 Å². The van der Waals surface area contributed by atoms with Crippen molar-refractivity contribution in [2.24, 2.45) is 5.41 Å². The molecule has 1 rings (SSSR count). The van der Waals surface area contributed by atoms with Crippen LogP contribution in [0, 0.1) is 5.41 Å². The van der Waals surface area contributed by atoms with Crippen LogP contribution in [-0.2, 0) is 14.8 Å². The fourth-order valence-corrected chi connectivity index (χ4v) is 3.46. The van der Waals surface area contributed by atoms with E-state index in [0.29, 0.717) is 12.0 Å². The molecule has 0 aromatic heterocycles. The van der Waals surface area contributed by atoms with Crippen molar-refractivity contribution in [2.75, 3.05) is 5.75 Å². The summed E-state index contributed by atoms with van der Waals surface area (Å²) in [5, 5.41) is 8.97. The van der Waals surface area contributed by atoms with Crippen molar-refractivity contribution in [1.29, 1.82) is 0 Å². The van der Waals surface area contributed by atoms with Crippen LogP contribution in [-0.4, -0.2) is 25.2 Å². The summed E-state index contributed by atoms with van der Waals surface area (Å²) in [6, 6.07) is 8.02. The Morgan fingerprint density at radius 2 is 1.81 bits per heavy atom. The van der Waals surface area contributed by atoms with Crippen LogP contribution >= 0.6 is 0 Å². The molecule has 1 atom stereocenters. The fourth-order valence-electron chi connectivity index (χ4n) is 1.80. The van der Waals surface area contributed by atoms with Crippen molar-refractivity contribution in [3.8, 4) is 0 Å². The van der Waals surface area contributed by atoms with Gasteiger partial charge in [0, 0.05) is 0 Å². The summed E-state index contributed by atoms with van der Waals surface area (Å²) in [6.07, 6.45) is 0.232. The lowest BCUT2D eigenvalue weighted by molar-refractivity contribution is -0.137. The molecule has 0 fully saturated rings. The number of hydrogen-bond donors (Lipinski definition) is 2. The smallest absolute Gasteiger partial charge is 0.305 e. The Bertz CT molecular complexity index is 561. The minimum absolute atomic E-state index is 0.0144. The van der Waals surface area contributed by atoms with E-state index < -0.39 is 22.0 Å². The second-order valence-corrected chi connectivity index (χ2v) is 8.18. The second-order valence-electron chi connectivity index (χ2n) is 6.31. The monoisotopic (exact) mass is 313 g/mol. The highest BCUT2D eigenvalue weighted by Gasteiger charge is 2.23. The zero-order chi connectivity index (χ0) is 16.1. The third-order valence-corrected chi connectivity index (χ3v) is 4.41. The van der Waals surface area contributed by atoms with Crippen LogP contribution in [0.4, 0.5) is 0 Å². The van der Waals surface area contributed by atoms with Gasteiger partial charge in [0.1, 0.15) is 0 Å². The van der Waals surface area contributed by atoms with Gasteiger partial charge in [-0.1, -0.05) is 51.1 Å². The number of carbonyl (C=O) groups is 1. The molecular weight excluding hydrogens is 290 g/mol. The van der Waals surface area contributed by atoms with Gasteiger partial charge in [0.05, 0.1) is 18.2 Å². The van der Waals surface area contributed by atoms with E-state index in [0.717, 1.165) is 0 Å². The zero-order valence-corrected chi connectivity index (χ0v) is 13.5. The Morgan fingerprint density at radius 3 is 2.29 bits per heavy atom. The molecule has 21 heavy (non-hydrogen) atoms. The average Bonchev–Trinajstić information content (AvgIpc) is 2.35. The third kappa shape index (κ3) is 7.24. The molecule has 5 nitrogen and oxygen atoms in total. The van der Waals surface area contributed by atoms with E-state index in [1.807, 2.05) is 20.8 Å². The van der Waals surface area contributed by atoms with Gasteiger partial charge in [0.2, 0.25) is 10.0 Å². The lowest BCUT2D eigenvalue weighted by Crippen LogP contribution is -2.33. The maximum atomic E-state index is 12.1. The number of benzene rings is 1. The highest BCUT2D eigenvalue weighted by Crippen LogP contribution is 2.21. The van der Waals surface area contributed by atoms with Crippen molar-refractivity contribution >= 4 is 16.0 Å². The molecule has 1 unspecified atom stereocenters. The summed E-state index contributed by atoms with van der Waals surface area (Å²) < 4.78 is 26.8. The molecule has 0 aliphatic rings. The average molecular weight is 313 g/mol. The summed E-state index contributed by atoms with van der Waals surface area (Å²) in [4.78, 5) is 11.0. The molecule has 1 aromatic carbocycles. The highest BCUT2D eigenvalue weighted by atomic mass is 32.2. The minimum atomic E-state index is -3.52. The first-order valence-electron chi connectivity index (χ1n) is 6.86. The van der Waals surface area contributed by atoms with Crippen LogP contribution in [0.1, 0.15) is 45.2 Å². The van der Waals surface area contributed by atoms with Crippen LogP contribution in [0.25, 0.3) is 0 Å². The molecule has 0 amide bonds. The number of rotatable bonds is 7. The Labute approximate surface area is 126 Å². The van der Waals surface area contributed by atoms with Gasteiger partial charge in [0.15, 0.2) is 0 Å². The lowest BCUT2D eigenvalue weighted by atomic mass is 9.94. The fraction of sp³-hybridized carbons (Fsp3) is 0.533. The first-order chi connectivity index (χ1) is 9.59. The number of sulfonamides is 1. The largest absolute Gasteiger partial charge is 0.481 e. The van der Waals surface area contributed by atoms with Crippen molar-refractivity contribution < 1.29 is 18.3 Å². The van der Waals surface area contributed by atoms with Crippen LogP contribution in [0.5, 0.6) is 0 Å². The van der Waals surface area contributed by atoms with Gasteiger partial charge in [-0.15, -0.1) is 0 Å². The lowest BCUT2D eigenvalue weighted by Gasteiger charge is -2.21. The summed E-state index contributed by atoms with van der Waals surface area (Å²) in [7, 11) is -3.52. The number of carboxylic acids is 1. The van der Waals surface area contributed by atoms with E-state index >= 15 is 0 Å². The van der Waals surface area contributed by atoms with E-state index in [2.05, 4.69) is 4.72 Å². The Morgan fingerprint density at radius 1 is 1.24 bits per heavy atom. The summed E-state index contributed by atoms with van der Waals surface area (Å²) in [5.41, 5.74) is 0.559. The SMILES string of the molecule is CC(C)(C)CCS(=O)(=O)NC(CC(=O)O)c1ccccc1. The second kappa shape index (κ2) is 7.04. The number of aliphatic carboxylic acids is 1. The normalized spacial score (nSPS) is 13.9. The molecule has 0 saturated carbocycles. The maximum Gasteiger partial charge on any atom is 0.305 e. The Kier molecular flexibility index (Phi) is 5.92. The van der Waals surface area contributed by atoms with Crippen LogP contribution < -0.4 is 4.72 Å². The molecule has 0 aliphatic heterocycles. The van der Waals surface area contributed by atoms with Gasteiger partial charge in [-0.2, -0.15) is 0 Å². The first-order valence-corrected chi connectivity index (χ1v) is 8.51. The van der Waals surface area contributed by atoms with Crippen molar-refractivity contribution in [3.63, 3.8) is 0 Å². The van der Waals surface area contributed by atoms with E-state index in [1.165, 1.54) is 0 Å². The van der Waals surface area contributed by atoms with Crippen LogP contribution in [0.2, 0.25) is 0 Å². The molecule has 0 heterocycles. The standard InChI is InChI=1S/C15H23NO4S/c1-15(2,3)9-10-21(19,20)16-13(11-14(17)18)12-7-5-4-6-8-12/h4-8,13,16H,9-11H2,1-3H3,(H,17,18). The topological polar surface area (TPSA) is 83.5 Å². The first kappa shape index (κ1) is 17.7. The predicted molar refractivity (Wildman–Crippen MR) is 82.4 cm³/mol. The maximum absolute atomic E-state index is 12.1. The van der Waals surface area contributed by atoms with Crippen molar-refractivity contribution in [1.82, 2.24) is 4.72 Å². The molecular formula is C15H23NO4S. The summed E-state index contributed by atoms with van der Waals surface area (Å²) in [5.74, 6) is -1.05. The van der Waals surface area contributed by atoms with E-state index in [-0.39, 0.29) is 17.6 Å². The van der Waals surface area contributed by atoms with Crippen LogP contribution in [0.3, 0.4) is 0 Å². The van der Waals surface area contributed by atoms with Gasteiger partial charge in [-0.3, -0.25) is 4.79 Å². The molecule has 0 bridgehead atoms. The molecule has 2 N–H and O–H groups in total. The Hall–Kier alpha value is -1.40. The highest BCUT2D eigenvalue weighted by molar-refractivity contribution is 7.89. The van der Waals surface area contributed by atoms with Gasteiger partial charge in [-0.25, -0.2) is 13.1 Å². The van der Waals surface area contributed by atoms with Gasteiger partial charge >= 0.3 is 5.97 Å². The van der Waals surface area contributed by atoms with Crippen molar-refractivity contribution in [3.05, 3.63) is 35.9 Å². The summed E-state index contributed by atoms with van der Waals surface area (Å²) >= 11 is 0. The van der Waals surface area contributed by atoms with Crippen LogP contribution in [0.15, 0.2) is 30.3 Å². The molecule has 6 heteroatoms. The van der Waals surface area contributed by atoms with E-state index in [4.69, 9.17) is 5.11 Å².